The van der Waals surface area contributed by atoms with Crippen LogP contribution >= 0.6 is 0 Å². The highest BCUT2D eigenvalue weighted by Crippen LogP contribution is 2.27. The molecule has 1 heterocycles. The molecule has 16 heavy (non-hydrogen) atoms. The minimum atomic E-state index is -2.91. The van der Waals surface area contributed by atoms with Crippen LogP contribution in [0.3, 0.4) is 0 Å². The van der Waals surface area contributed by atoms with Crippen molar-refractivity contribution in [3.05, 3.63) is 0 Å². The van der Waals surface area contributed by atoms with E-state index in [0.717, 1.165) is 0 Å². The molecular formula is C10H16F2NO3. The molecule has 2 unspecified atom stereocenters. The number of rotatable bonds is 2. The molecule has 1 radical (unpaired) electrons. The van der Waals surface area contributed by atoms with Gasteiger partial charge in [0.15, 0.2) is 0 Å². The number of nitrogens with one attached hydrogen (secondary N) is 1. The Bertz CT molecular complexity index is 276. The standard InChI is InChI=1S/C10H16F2NO3/c1-9(2,3)16-8(15)7(14)6-4-10(11,12)5-13-6/h6-7,13H,4-5H2,1-3H3. The van der Waals surface area contributed by atoms with Crippen molar-refractivity contribution < 1.29 is 23.4 Å². The highest BCUT2D eigenvalue weighted by Gasteiger charge is 2.45. The average Bonchev–Trinajstić information content (AvgIpc) is 2.41. The van der Waals surface area contributed by atoms with Crippen LogP contribution in [0.4, 0.5) is 8.78 Å². The van der Waals surface area contributed by atoms with E-state index in [4.69, 9.17) is 4.74 Å². The maximum Gasteiger partial charge on any atom is 0.340 e. The van der Waals surface area contributed by atoms with Crippen molar-refractivity contribution in [2.45, 2.75) is 50.9 Å². The van der Waals surface area contributed by atoms with Gasteiger partial charge in [0.2, 0.25) is 6.10 Å². The third-order valence-corrected chi connectivity index (χ3v) is 2.15. The Labute approximate surface area is 93.0 Å². The summed E-state index contributed by atoms with van der Waals surface area (Å²) in [5.41, 5.74) is -0.777. The highest BCUT2D eigenvalue weighted by molar-refractivity contribution is 5.75. The molecule has 1 aliphatic heterocycles. The number of hydrogen-bond acceptors (Lipinski definition) is 3. The second kappa shape index (κ2) is 4.25. The van der Waals surface area contributed by atoms with E-state index in [1.165, 1.54) is 0 Å². The Kier molecular flexibility index (Phi) is 3.54. The fraction of sp³-hybridized carbons (Fsp3) is 0.900. The van der Waals surface area contributed by atoms with Gasteiger partial charge < -0.3 is 10.1 Å². The van der Waals surface area contributed by atoms with Crippen LogP contribution in [-0.2, 0) is 14.6 Å². The highest BCUT2D eigenvalue weighted by atomic mass is 19.3. The van der Waals surface area contributed by atoms with Crippen LogP contribution in [0.25, 0.3) is 0 Å². The molecule has 0 aromatic carbocycles. The molecule has 1 fully saturated rings. The van der Waals surface area contributed by atoms with Crippen LogP contribution in [0.2, 0.25) is 0 Å². The summed E-state index contributed by atoms with van der Waals surface area (Å²) in [5.74, 6) is -3.89. The predicted molar refractivity (Wildman–Crippen MR) is 51.7 cm³/mol. The molecule has 0 aromatic rings. The first kappa shape index (κ1) is 13.3. The van der Waals surface area contributed by atoms with Crippen molar-refractivity contribution in [2.75, 3.05) is 6.54 Å². The molecule has 0 bridgehead atoms. The van der Waals surface area contributed by atoms with Gasteiger partial charge in [-0.2, -0.15) is 0 Å². The van der Waals surface area contributed by atoms with E-state index in [9.17, 15) is 18.7 Å². The summed E-state index contributed by atoms with van der Waals surface area (Å²) in [5, 5.41) is 13.9. The van der Waals surface area contributed by atoms with Crippen molar-refractivity contribution in [3.8, 4) is 0 Å². The lowest BCUT2D eigenvalue weighted by Gasteiger charge is -2.23. The fourth-order valence-electron chi connectivity index (χ4n) is 1.48. The zero-order chi connectivity index (χ0) is 12.6. The van der Waals surface area contributed by atoms with E-state index in [0.29, 0.717) is 0 Å². The molecule has 2 atom stereocenters. The Balaban J connectivity index is 2.52. The zero-order valence-electron chi connectivity index (χ0n) is 9.55. The van der Waals surface area contributed by atoms with Gasteiger partial charge in [0.25, 0.3) is 5.92 Å². The molecule has 6 heteroatoms. The molecule has 1 aliphatic rings. The summed E-state index contributed by atoms with van der Waals surface area (Å²) in [6, 6.07) is -1.05. The van der Waals surface area contributed by atoms with E-state index in [2.05, 4.69) is 5.32 Å². The molecule has 93 valence electrons. The fourth-order valence-corrected chi connectivity index (χ4v) is 1.48. The largest absolute Gasteiger partial charge is 0.458 e. The van der Waals surface area contributed by atoms with Gasteiger partial charge >= 0.3 is 5.97 Å². The minimum absolute atomic E-state index is 0.556. The van der Waals surface area contributed by atoms with Crippen LogP contribution < -0.4 is 5.32 Å². The third-order valence-electron chi connectivity index (χ3n) is 2.15. The van der Waals surface area contributed by atoms with Crippen LogP contribution in [-0.4, -0.2) is 36.2 Å². The Morgan fingerprint density at radius 1 is 1.50 bits per heavy atom. The van der Waals surface area contributed by atoms with E-state index in [1.807, 2.05) is 0 Å². The molecule has 0 spiro atoms. The summed E-state index contributed by atoms with van der Waals surface area (Å²) in [4.78, 5) is 11.3. The lowest BCUT2D eigenvalue weighted by Crippen LogP contribution is -2.42. The predicted octanol–water partition coefficient (Wildman–Crippen LogP) is 1.12. The van der Waals surface area contributed by atoms with Gasteiger partial charge in [-0.15, -0.1) is 0 Å². The first-order valence-corrected chi connectivity index (χ1v) is 5.11. The zero-order valence-corrected chi connectivity index (χ0v) is 9.55. The van der Waals surface area contributed by atoms with Gasteiger partial charge in [0, 0.05) is 6.42 Å². The van der Waals surface area contributed by atoms with Gasteiger partial charge in [-0.05, 0) is 20.8 Å². The molecular weight excluding hydrogens is 220 g/mol. The van der Waals surface area contributed by atoms with Gasteiger partial charge in [-0.3, -0.25) is 0 Å². The molecule has 4 nitrogen and oxygen atoms in total. The molecule has 0 aliphatic carbocycles. The Morgan fingerprint density at radius 3 is 2.44 bits per heavy atom. The summed E-state index contributed by atoms with van der Waals surface area (Å²) in [6.45, 7) is 4.30. The number of hydrogen-bond donors (Lipinski definition) is 1. The summed E-state index contributed by atoms with van der Waals surface area (Å²) >= 11 is 0. The summed E-state index contributed by atoms with van der Waals surface area (Å²) in [6.07, 6.45) is -2.41. The van der Waals surface area contributed by atoms with Crippen LogP contribution in [0.5, 0.6) is 0 Å². The summed E-state index contributed by atoms with van der Waals surface area (Å²) in [7, 11) is 0. The number of halogens is 2. The molecule has 1 N–H and O–H groups in total. The van der Waals surface area contributed by atoms with Crippen molar-refractivity contribution in [1.29, 1.82) is 0 Å². The molecule has 1 rings (SSSR count). The monoisotopic (exact) mass is 236 g/mol. The average molecular weight is 236 g/mol. The van der Waals surface area contributed by atoms with Crippen molar-refractivity contribution in [2.24, 2.45) is 0 Å². The van der Waals surface area contributed by atoms with Gasteiger partial charge in [0.05, 0.1) is 12.6 Å². The van der Waals surface area contributed by atoms with E-state index < -0.39 is 42.6 Å². The second-order valence-electron chi connectivity index (χ2n) is 5.00. The lowest BCUT2D eigenvalue weighted by molar-refractivity contribution is -0.170. The maximum absolute atomic E-state index is 12.8. The molecule has 0 amide bonds. The summed E-state index contributed by atoms with van der Waals surface area (Å²) < 4.78 is 30.4. The first-order valence-electron chi connectivity index (χ1n) is 5.11. The van der Waals surface area contributed by atoms with Crippen LogP contribution in [0.15, 0.2) is 0 Å². The number of carbonyl (C=O) groups is 1. The minimum Gasteiger partial charge on any atom is -0.458 e. The number of alkyl halides is 2. The SMILES string of the molecule is CC(C)(C)OC(=O)C([O])C1CC(F)(F)CN1. The quantitative estimate of drug-likeness (QED) is 0.731. The Morgan fingerprint density at radius 2 is 2.06 bits per heavy atom. The number of carbonyl (C=O) groups excluding carboxylic acids is 1. The third kappa shape index (κ3) is 3.68. The maximum atomic E-state index is 12.8. The lowest BCUT2D eigenvalue weighted by atomic mass is 10.1. The topological polar surface area (TPSA) is 58.2 Å². The molecule has 0 aromatic heterocycles. The molecule has 0 saturated carbocycles. The van der Waals surface area contributed by atoms with Crippen molar-refractivity contribution >= 4 is 5.97 Å². The van der Waals surface area contributed by atoms with Crippen molar-refractivity contribution in [1.82, 2.24) is 5.32 Å². The van der Waals surface area contributed by atoms with Crippen LogP contribution in [0.1, 0.15) is 27.2 Å². The number of ether oxygens (including phenoxy) is 1. The van der Waals surface area contributed by atoms with Crippen molar-refractivity contribution in [3.63, 3.8) is 0 Å². The van der Waals surface area contributed by atoms with E-state index in [1.54, 1.807) is 20.8 Å². The van der Waals surface area contributed by atoms with Crippen LogP contribution in [0, 0.1) is 0 Å². The smallest absolute Gasteiger partial charge is 0.340 e. The van der Waals surface area contributed by atoms with E-state index >= 15 is 0 Å². The molecule has 1 saturated heterocycles. The normalized spacial score (nSPS) is 26.5. The first-order chi connectivity index (χ1) is 7.11. The number of esters is 1. The van der Waals surface area contributed by atoms with Gasteiger partial charge in [-0.1, -0.05) is 0 Å². The Hall–Kier alpha value is -0.750. The van der Waals surface area contributed by atoms with E-state index in [-0.39, 0.29) is 0 Å². The van der Waals surface area contributed by atoms with Gasteiger partial charge in [-0.25, -0.2) is 18.7 Å². The van der Waals surface area contributed by atoms with Gasteiger partial charge in [0.1, 0.15) is 5.60 Å². The second-order valence-corrected chi connectivity index (χ2v) is 5.00.